The molecule has 0 radical (unpaired) electrons. The van der Waals surface area contributed by atoms with Crippen LogP contribution in [0.15, 0.2) is 60.9 Å². The van der Waals surface area contributed by atoms with Crippen molar-refractivity contribution in [1.82, 2.24) is 9.97 Å². The van der Waals surface area contributed by atoms with Gasteiger partial charge in [-0.3, -0.25) is 9.59 Å². The maximum atomic E-state index is 12.5. The highest BCUT2D eigenvalue weighted by atomic mass is 16.2. The summed E-state index contributed by atoms with van der Waals surface area (Å²) in [6, 6.07) is 13.8. The summed E-state index contributed by atoms with van der Waals surface area (Å²) < 4.78 is 0. The van der Waals surface area contributed by atoms with Gasteiger partial charge in [0.2, 0.25) is 0 Å². The van der Waals surface area contributed by atoms with E-state index in [2.05, 4.69) is 20.6 Å². The Labute approximate surface area is 151 Å². The van der Waals surface area contributed by atoms with Gasteiger partial charge in [-0.05, 0) is 55.3 Å². The number of pyridine rings is 2. The minimum atomic E-state index is -0.324. The van der Waals surface area contributed by atoms with Crippen LogP contribution in [0.25, 0.3) is 0 Å². The predicted molar refractivity (Wildman–Crippen MR) is 100 cm³/mol. The molecule has 130 valence electrons. The Morgan fingerprint density at radius 1 is 0.731 bits per heavy atom. The molecule has 0 bridgehead atoms. The third-order valence-electron chi connectivity index (χ3n) is 3.87. The summed E-state index contributed by atoms with van der Waals surface area (Å²) in [7, 11) is 0. The monoisotopic (exact) mass is 346 g/mol. The van der Waals surface area contributed by atoms with Crippen molar-refractivity contribution in [2.45, 2.75) is 13.8 Å². The van der Waals surface area contributed by atoms with Crippen LogP contribution in [0.4, 0.5) is 11.6 Å². The first kappa shape index (κ1) is 17.3. The molecule has 0 aliphatic heterocycles. The van der Waals surface area contributed by atoms with Crippen LogP contribution in [0.3, 0.4) is 0 Å². The van der Waals surface area contributed by atoms with Crippen LogP contribution in [-0.4, -0.2) is 21.8 Å². The molecule has 2 aromatic heterocycles. The van der Waals surface area contributed by atoms with Gasteiger partial charge in [-0.1, -0.05) is 18.2 Å². The van der Waals surface area contributed by atoms with Crippen molar-refractivity contribution in [3.63, 3.8) is 0 Å². The van der Waals surface area contributed by atoms with Gasteiger partial charge in [0, 0.05) is 23.5 Å². The van der Waals surface area contributed by atoms with Crippen molar-refractivity contribution in [2.24, 2.45) is 0 Å². The third-order valence-corrected chi connectivity index (χ3v) is 3.87. The zero-order valence-electron chi connectivity index (χ0n) is 14.5. The summed E-state index contributed by atoms with van der Waals surface area (Å²) in [6.07, 6.45) is 3.23. The van der Waals surface area contributed by atoms with E-state index in [-0.39, 0.29) is 11.8 Å². The Morgan fingerprint density at radius 3 is 1.62 bits per heavy atom. The summed E-state index contributed by atoms with van der Waals surface area (Å²) in [6.45, 7) is 3.73. The molecule has 0 aliphatic rings. The molecule has 0 unspecified atom stereocenters. The van der Waals surface area contributed by atoms with E-state index >= 15 is 0 Å². The normalized spacial score (nSPS) is 10.2. The lowest BCUT2D eigenvalue weighted by molar-refractivity contribution is 0.102. The van der Waals surface area contributed by atoms with E-state index in [9.17, 15) is 9.59 Å². The van der Waals surface area contributed by atoms with Gasteiger partial charge in [0.1, 0.15) is 11.6 Å². The predicted octanol–water partition coefficient (Wildman–Crippen LogP) is 3.60. The molecule has 6 heteroatoms. The van der Waals surface area contributed by atoms with Crippen molar-refractivity contribution in [1.29, 1.82) is 0 Å². The molecule has 6 nitrogen and oxygen atoms in total. The average Bonchev–Trinajstić information content (AvgIpc) is 2.65. The van der Waals surface area contributed by atoms with Gasteiger partial charge in [-0.2, -0.15) is 0 Å². The number of benzene rings is 1. The molecule has 3 aromatic rings. The standard InChI is InChI=1S/C20H18N4O2/c1-13-6-4-10-21-17(13)23-19(25)15-8-3-9-16(12-15)20(26)24-18-14(2)7-5-11-22-18/h3-12H,1-2H3,(H,21,23,25)(H,22,24,26). The van der Waals surface area contributed by atoms with Crippen LogP contribution in [0.1, 0.15) is 31.8 Å². The Balaban J connectivity index is 1.77. The van der Waals surface area contributed by atoms with Gasteiger partial charge in [0.15, 0.2) is 0 Å². The number of aryl methyl sites for hydroxylation is 2. The van der Waals surface area contributed by atoms with Crippen LogP contribution in [0.5, 0.6) is 0 Å². The zero-order valence-corrected chi connectivity index (χ0v) is 14.5. The number of hydrogen-bond acceptors (Lipinski definition) is 4. The van der Waals surface area contributed by atoms with Gasteiger partial charge >= 0.3 is 0 Å². The first-order valence-electron chi connectivity index (χ1n) is 8.10. The average molecular weight is 346 g/mol. The van der Waals surface area contributed by atoms with Gasteiger partial charge < -0.3 is 10.6 Å². The number of nitrogens with zero attached hydrogens (tertiary/aromatic N) is 2. The summed E-state index contributed by atoms with van der Waals surface area (Å²) in [4.78, 5) is 33.2. The number of anilines is 2. The largest absolute Gasteiger partial charge is 0.306 e. The molecule has 26 heavy (non-hydrogen) atoms. The maximum Gasteiger partial charge on any atom is 0.256 e. The number of carbonyl (C=O) groups excluding carboxylic acids is 2. The fourth-order valence-electron chi connectivity index (χ4n) is 2.39. The number of carbonyl (C=O) groups is 2. The van der Waals surface area contributed by atoms with Crippen LogP contribution < -0.4 is 10.6 Å². The molecule has 0 spiro atoms. The van der Waals surface area contributed by atoms with Gasteiger partial charge in [-0.25, -0.2) is 9.97 Å². The van der Waals surface area contributed by atoms with E-state index in [1.54, 1.807) is 48.8 Å². The smallest absolute Gasteiger partial charge is 0.256 e. The lowest BCUT2D eigenvalue weighted by atomic mass is 10.1. The van der Waals surface area contributed by atoms with E-state index in [1.807, 2.05) is 26.0 Å². The second kappa shape index (κ2) is 7.57. The number of rotatable bonds is 4. The lowest BCUT2D eigenvalue weighted by Crippen LogP contribution is -2.17. The molecule has 2 amide bonds. The number of aromatic nitrogens is 2. The van der Waals surface area contributed by atoms with Crippen LogP contribution in [-0.2, 0) is 0 Å². The third kappa shape index (κ3) is 3.92. The van der Waals surface area contributed by atoms with Gasteiger partial charge in [0.25, 0.3) is 11.8 Å². The van der Waals surface area contributed by atoms with Crippen molar-refractivity contribution in [3.05, 3.63) is 83.2 Å². The molecule has 0 atom stereocenters. The lowest BCUT2D eigenvalue weighted by Gasteiger charge is -2.09. The SMILES string of the molecule is Cc1cccnc1NC(=O)c1cccc(C(=O)Nc2ncccc2C)c1. The van der Waals surface area contributed by atoms with Crippen LogP contribution in [0.2, 0.25) is 0 Å². The van der Waals surface area contributed by atoms with Gasteiger partial charge in [0.05, 0.1) is 0 Å². The van der Waals surface area contributed by atoms with Gasteiger partial charge in [-0.15, -0.1) is 0 Å². The second-order valence-electron chi connectivity index (χ2n) is 5.83. The fourth-order valence-corrected chi connectivity index (χ4v) is 2.39. The number of nitrogens with one attached hydrogen (secondary N) is 2. The Bertz CT molecular complexity index is 895. The molecule has 0 saturated heterocycles. The minimum absolute atomic E-state index is 0.324. The van der Waals surface area contributed by atoms with Crippen molar-refractivity contribution in [3.8, 4) is 0 Å². The van der Waals surface area contributed by atoms with E-state index in [4.69, 9.17) is 0 Å². The molecule has 1 aromatic carbocycles. The summed E-state index contributed by atoms with van der Waals surface area (Å²) in [5.74, 6) is 0.346. The highest BCUT2D eigenvalue weighted by Crippen LogP contribution is 2.14. The highest BCUT2D eigenvalue weighted by Gasteiger charge is 2.13. The molecular weight excluding hydrogens is 328 g/mol. The van der Waals surface area contributed by atoms with E-state index in [0.29, 0.717) is 22.8 Å². The van der Waals surface area contributed by atoms with E-state index in [1.165, 1.54) is 0 Å². The molecular formula is C20H18N4O2. The molecule has 3 rings (SSSR count). The topological polar surface area (TPSA) is 84.0 Å². The highest BCUT2D eigenvalue weighted by molar-refractivity contribution is 6.08. The molecule has 0 aliphatic carbocycles. The van der Waals surface area contributed by atoms with Crippen LogP contribution in [0, 0.1) is 13.8 Å². The molecule has 0 saturated carbocycles. The molecule has 2 heterocycles. The van der Waals surface area contributed by atoms with E-state index < -0.39 is 0 Å². The number of amides is 2. The Morgan fingerprint density at radius 2 is 1.19 bits per heavy atom. The Kier molecular flexibility index (Phi) is 5.03. The molecule has 0 fully saturated rings. The molecule has 2 N–H and O–H groups in total. The van der Waals surface area contributed by atoms with Crippen LogP contribution >= 0.6 is 0 Å². The first-order valence-corrected chi connectivity index (χ1v) is 8.10. The van der Waals surface area contributed by atoms with Crippen molar-refractivity contribution in [2.75, 3.05) is 10.6 Å². The fraction of sp³-hybridized carbons (Fsp3) is 0.100. The summed E-state index contributed by atoms with van der Waals surface area (Å²) in [5.41, 5.74) is 2.47. The van der Waals surface area contributed by atoms with Crippen molar-refractivity contribution < 1.29 is 9.59 Å². The maximum absolute atomic E-state index is 12.5. The van der Waals surface area contributed by atoms with Crippen molar-refractivity contribution >= 4 is 23.5 Å². The second-order valence-corrected chi connectivity index (χ2v) is 5.83. The van der Waals surface area contributed by atoms with E-state index in [0.717, 1.165) is 11.1 Å². The number of hydrogen-bond donors (Lipinski definition) is 2. The quantitative estimate of drug-likeness (QED) is 0.756. The zero-order chi connectivity index (χ0) is 18.5. The first-order chi connectivity index (χ1) is 12.5. The summed E-state index contributed by atoms with van der Waals surface area (Å²) >= 11 is 0. The minimum Gasteiger partial charge on any atom is -0.306 e. The Hall–Kier alpha value is -3.54. The summed E-state index contributed by atoms with van der Waals surface area (Å²) in [5, 5.41) is 5.51.